The molecule has 1 aliphatic carbocycles. The second-order valence-electron chi connectivity index (χ2n) is 4.99. The minimum Gasteiger partial charge on any atom is -0.497 e. The summed E-state index contributed by atoms with van der Waals surface area (Å²) < 4.78 is 7.03. The Labute approximate surface area is 118 Å². The Morgan fingerprint density at radius 1 is 1.26 bits per heavy atom. The van der Waals surface area contributed by atoms with Gasteiger partial charge >= 0.3 is 0 Å². The molecule has 1 heterocycles. The van der Waals surface area contributed by atoms with Gasteiger partial charge in [0.05, 0.1) is 18.5 Å². The van der Waals surface area contributed by atoms with Crippen LogP contribution < -0.4 is 4.74 Å². The van der Waals surface area contributed by atoms with Gasteiger partial charge in [-0.3, -0.25) is 0 Å². The molecule has 19 heavy (non-hydrogen) atoms. The van der Waals surface area contributed by atoms with E-state index in [1.54, 1.807) is 11.8 Å². The zero-order valence-corrected chi connectivity index (χ0v) is 11.7. The molecule has 100 valence electrons. The van der Waals surface area contributed by atoms with Gasteiger partial charge in [0.1, 0.15) is 10.9 Å². The highest BCUT2D eigenvalue weighted by Crippen LogP contribution is 2.35. The molecule has 3 nitrogen and oxygen atoms in total. The Bertz CT molecular complexity index is 573. The molecule has 0 spiro atoms. The molecule has 1 fully saturated rings. The maximum Gasteiger partial charge on any atom is 0.133 e. The normalized spacial score (nSPS) is 15.9. The summed E-state index contributed by atoms with van der Waals surface area (Å²) in [5, 5.41) is 5.33. The third-order valence-electron chi connectivity index (χ3n) is 3.76. The first kappa shape index (κ1) is 12.5. The predicted octanol–water partition coefficient (Wildman–Crippen LogP) is 4.19. The van der Waals surface area contributed by atoms with Gasteiger partial charge < -0.3 is 4.74 Å². The van der Waals surface area contributed by atoms with E-state index in [1.807, 2.05) is 30.3 Å². The average molecular weight is 277 g/mol. The summed E-state index contributed by atoms with van der Waals surface area (Å²) in [5.41, 5.74) is 2.05. The van der Waals surface area contributed by atoms with Gasteiger partial charge in [0.15, 0.2) is 0 Å². The van der Waals surface area contributed by atoms with Gasteiger partial charge in [-0.1, -0.05) is 30.5 Å². The van der Waals surface area contributed by atoms with Crippen LogP contribution in [0.1, 0.15) is 37.3 Å². The van der Waals surface area contributed by atoms with Crippen molar-refractivity contribution < 1.29 is 4.74 Å². The molecule has 0 radical (unpaired) electrons. The van der Waals surface area contributed by atoms with Crippen LogP contribution in [-0.2, 0) is 0 Å². The maximum atomic E-state index is 6.31. The van der Waals surface area contributed by atoms with E-state index < -0.39 is 0 Å². The highest BCUT2D eigenvalue weighted by atomic mass is 35.5. The Kier molecular flexibility index (Phi) is 3.47. The van der Waals surface area contributed by atoms with Gasteiger partial charge in [0.2, 0.25) is 0 Å². The number of ether oxygens (including phenoxy) is 1. The van der Waals surface area contributed by atoms with Gasteiger partial charge in [0.25, 0.3) is 0 Å². The molecule has 1 aromatic carbocycles. The lowest BCUT2D eigenvalue weighted by Gasteiger charge is -2.06. The van der Waals surface area contributed by atoms with Crippen LogP contribution >= 0.6 is 11.6 Å². The molecule has 4 heteroatoms. The molecule has 0 saturated heterocycles. The van der Waals surface area contributed by atoms with Crippen molar-refractivity contribution in [1.82, 2.24) is 9.78 Å². The van der Waals surface area contributed by atoms with Crippen molar-refractivity contribution in [2.45, 2.75) is 31.6 Å². The lowest BCUT2D eigenvalue weighted by molar-refractivity contribution is 0.414. The van der Waals surface area contributed by atoms with Gasteiger partial charge in [-0.2, -0.15) is 5.10 Å². The Balaban J connectivity index is 1.95. The minimum atomic E-state index is 0.573. The lowest BCUT2D eigenvalue weighted by Crippen LogP contribution is -2.00. The summed E-state index contributed by atoms with van der Waals surface area (Å²) in [6, 6.07) is 9.79. The smallest absolute Gasteiger partial charge is 0.133 e. The van der Waals surface area contributed by atoms with E-state index in [0.29, 0.717) is 11.1 Å². The van der Waals surface area contributed by atoms with E-state index in [0.717, 1.165) is 17.1 Å². The van der Waals surface area contributed by atoms with Crippen LogP contribution in [0.3, 0.4) is 0 Å². The first-order valence-electron chi connectivity index (χ1n) is 6.68. The SMILES string of the molecule is COc1cccc(-n2nc(C3CCCC3)cc2Cl)c1. The number of hydrogen-bond acceptors (Lipinski definition) is 2. The minimum absolute atomic E-state index is 0.573. The fraction of sp³-hybridized carbons (Fsp3) is 0.400. The molecule has 0 amide bonds. The Hall–Kier alpha value is -1.48. The molecule has 3 rings (SSSR count). The quantitative estimate of drug-likeness (QED) is 0.840. The number of rotatable bonds is 3. The highest BCUT2D eigenvalue weighted by molar-refractivity contribution is 6.29. The van der Waals surface area contributed by atoms with Crippen LogP contribution in [0.5, 0.6) is 5.75 Å². The van der Waals surface area contributed by atoms with Crippen molar-refractivity contribution in [3.8, 4) is 11.4 Å². The first-order chi connectivity index (χ1) is 9.28. The fourth-order valence-electron chi connectivity index (χ4n) is 2.72. The Morgan fingerprint density at radius 3 is 2.79 bits per heavy atom. The number of methoxy groups -OCH3 is 1. The monoisotopic (exact) mass is 276 g/mol. The Morgan fingerprint density at radius 2 is 2.05 bits per heavy atom. The van der Waals surface area contributed by atoms with E-state index in [9.17, 15) is 0 Å². The molecule has 1 saturated carbocycles. The molecular formula is C15H17ClN2O. The second-order valence-corrected chi connectivity index (χ2v) is 5.37. The fourth-order valence-corrected chi connectivity index (χ4v) is 2.97. The van der Waals surface area contributed by atoms with Crippen LogP contribution in [-0.4, -0.2) is 16.9 Å². The third kappa shape index (κ3) is 2.47. The summed E-state index contributed by atoms with van der Waals surface area (Å²) in [6.07, 6.45) is 5.06. The molecule has 0 aliphatic heterocycles. The summed E-state index contributed by atoms with van der Waals surface area (Å²) in [4.78, 5) is 0. The number of hydrogen-bond donors (Lipinski definition) is 0. The van der Waals surface area contributed by atoms with Crippen molar-refractivity contribution in [3.63, 3.8) is 0 Å². The van der Waals surface area contributed by atoms with E-state index in [1.165, 1.54) is 25.7 Å². The van der Waals surface area contributed by atoms with Gasteiger partial charge in [-0.25, -0.2) is 4.68 Å². The molecule has 0 N–H and O–H groups in total. The van der Waals surface area contributed by atoms with Crippen LogP contribution in [0, 0.1) is 0 Å². The van der Waals surface area contributed by atoms with Crippen molar-refractivity contribution >= 4 is 11.6 Å². The van der Waals surface area contributed by atoms with Crippen LogP contribution in [0.4, 0.5) is 0 Å². The summed E-state index contributed by atoms with van der Waals surface area (Å²) in [6.45, 7) is 0. The van der Waals surface area contributed by atoms with E-state index in [-0.39, 0.29) is 0 Å². The lowest BCUT2D eigenvalue weighted by atomic mass is 10.1. The molecular weight excluding hydrogens is 260 g/mol. The van der Waals surface area contributed by atoms with Crippen LogP contribution in [0.15, 0.2) is 30.3 Å². The average Bonchev–Trinajstić information content (AvgIpc) is 3.07. The summed E-state index contributed by atoms with van der Waals surface area (Å²) in [7, 11) is 1.66. The van der Waals surface area contributed by atoms with Crippen molar-refractivity contribution in [2.24, 2.45) is 0 Å². The topological polar surface area (TPSA) is 27.1 Å². The number of aromatic nitrogens is 2. The van der Waals surface area contributed by atoms with E-state index >= 15 is 0 Å². The van der Waals surface area contributed by atoms with Crippen LogP contribution in [0.25, 0.3) is 5.69 Å². The largest absolute Gasteiger partial charge is 0.497 e. The zero-order valence-electron chi connectivity index (χ0n) is 11.0. The zero-order chi connectivity index (χ0) is 13.2. The summed E-state index contributed by atoms with van der Waals surface area (Å²) in [5.74, 6) is 1.39. The van der Waals surface area contributed by atoms with E-state index in [4.69, 9.17) is 16.3 Å². The molecule has 1 aromatic heterocycles. The maximum absolute atomic E-state index is 6.31. The summed E-state index contributed by atoms with van der Waals surface area (Å²) >= 11 is 6.31. The first-order valence-corrected chi connectivity index (χ1v) is 7.05. The highest BCUT2D eigenvalue weighted by Gasteiger charge is 2.21. The van der Waals surface area contributed by atoms with Gasteiger partial charge in [-0.05, 0) is 31.0 Å². The molecule has 0 unspecified atom stereocenters. The number of benzene rings is 1. The third-order valence-corrected chi connectivity index (χ3v) is 4.03. The van der Waals surface area contributed by atoms with Gasteiger partial charge in [-0.15, -0.1) is 0 Å². The molecule has 0 atom stereocenters. The van der Waals surface area contributed by atoms with Gasteiger partial charge in [0, 0.05) is 12.0 Å². The second kappa shape index (κ2) is 5.25. The van der Waals surface area contributed by atoms with Crippen molar-refractivity contribution in [3.05, 3.63) is 41.2 Å². The van der Waals surface area contributed by atoms with E-state index in [2.05, 4.69) is 5.10 Å². The standard InChI is InChI=1S/C15H17ClN2O/c1-19-13-8-4-7-12(9-13)18-15(16)10-14(17-18)11-5-2-3-6-11/h4,7-11H,2-3,5-6H2,1H3. The molecule has 0 bridgehead atoms. The van der Waals surface area contributed by atoms with Crippen molar-refractivity contribution in [1.29, 1.82) is 0 Å². The van der Waals surface area contributed by atoms with Crippen molar-refractivity contribution in [2.75, 3.05) is 7.11 Å². The number of nitrogens with zero attached hydrogens (tertiary/aromatic N) is 2. The predicted molar refractivity (Wildman–Crippen MR) is 76.3 cm³/mol. The number of halogens is 1. The van der Waals surface area contributed by atoms with Crippen LogP contribution in [0.2, 0.25) is 5.15 Å². The molecule has 2 aromatic rings. The molecule has 1 aliphatic rings.